The summed E-state index contributed by atoms with van der Waals surface area (Å²) in [5.41, 5.74) is 1.38. The first kappa shape index (κ1) is 22.6. The van der Waals surface area contributed by atoms with Gasteiger partial charge in [-0.15, -0.1) is 0 Å². The van der Waals surface area contributed by atoms with Crippen LogP contribution in [0.3, 0.4) is 0 Å². The van der Waals surface area contributed by atoms with E-state index in [1.807, 2.05) is 18.7 Å². The van der Waals surface area contributed by atoms with E-state index in [-0.39, 0.29) is 11.8 Å². The van der Waals surface area contributed by atoms with Crippen LogP contribution in [-0.2, 0) is 11.3 Å². The van der Waals surface area contributed by atoms with Gasteiger partial charge in [-0.25, -0.2) is 0 Å². The van der Waals surface area contributed by atoms with E-state index < -0.39 is 0 Å². The minimum atomic E-state index is 0.0821. The molecule has 166 valence electrons. The normalized spacial score (nSPS) is 21.3. The van der Waals surface area contributed by atoms with E-state index >= 15 is 0 Å². The summed E-state index contributed by atoms with van der Waals surface area (Å²) < 4.78 is 0. The van der Waals surface area contributed by atoms with Gasteiger partial charge in [0.2, 0.25) is 5.91 Å². The minimum absolute atomic E-state index is 0.0821. The van der Waals surface area contributed by atoms with Crippen molar-refractivity contribution in [2.45, 2.75) is 65.1 Å². The van der Waals surface area contributed by atoms with E-state index in [1.54, 1.807) is 0 Å². The maximum absolute atomic E-state index is 12.2. The number of benzene rings is 1. The van der Waals surface area contributed by atoms with Crippen molar-refractivity contribution in [3.05, 3.63) is 35.9 Å². The van der Waals surface area contributed by atoms with Gasteiger partial charge in [-0.1, -0.05) is 44.2 Å². The summed E-state index contributed by atoms with van der Waals surface area (Å²) in [6.07, 6.45) is 4.42. The molecule has 0 spiro atoms. The molecule has 2 aliphatic heterocycles. The minimum Gasteiger partial charge on any atom is -0.357 e. The van der Waals surface area contributed by atoms with E-state index in [4.69, 9.17) is 4.99 Å². The zero-order valence-corrected chi connectivity index (χ0v) is 18.9. The van der Waals surface area contributed by atoms with Crippen molar-refractivity contribution in [2.75, 3.05) is 32.7 Å². The fourth-order valence-electron chi connectivity index (χ4n) is 4.45. The molecule has 0 radical (unpaired) electrons. The first-order valence-corrected chi connectivity index (χ1v) is 11.7. The summed E-state index contributed by atoms with van der Waals surface area (Å²) in [5, 5.41) is 7.03. The van der Waals surface area contributed by atoms with Crippen LogP contribution in [0.25, 0.3) is 0 Å². The molecule has 1 aromatic rings. The molecule has 2 saturated heterocycles. The Balaban J connectivity index is 1.51. The number of amides is 1. The molecule has 2 N–H and O–H groups in total. The fraction of sp³-hybridized carbons (Fsp3) is 0.667. The summed E-state index contributed by atoms with van der Waals surface area (Å²) in [4.78, 5) is 21.7. The van der Waals surface area contributed by atoms with E-state index in [9.17, 15) is 4.79 Å². The SMILES string of the molecule is CCNC(=NCC1CCCN1Cc1ccccc1)NC1CCN(C(=O)C(C)C)CC1. The Morgan fingerprint density at radius 2 is 1.87 bits per heavy atom. The van der Waals surface area contributed by atoms with E-state index in [2.05, 4.69) is 52.8 Å². The van der Waals surface area contributed by atoms with Crippen LogP contribution in [-0.4, -0.2) is 66.5 Å². The van der Waals surface area contributed by atoms with Crippen LogP contribution in [0.15, 0.2) is 35.3 Å². The molecule has 3 rings (SSSR count). The van der Waals surface area contributed by atoms with Gasteiger partial charge in [0.25, 0.3) is 0 Å². The molecular weight excluding hydrogens is 374 g/mol. The van der Waals surface area contributed by atoms with E-state index in [0.717, 1.165) is 58.1 Å². The number of hydrogen-bond donors (Lipinski definition) is 2. The van der Waals surface area contributed by atoms with Crippen molar-refractivity contribution < 1.29 is 4.79 Å². The summed E-state index contributed by atoms with van der Waals surface area (Å²) in [5.74, 6) is 1.27. The Hall–Kier alpha value is -2.08. The Bertz CT molecular complexity index is 682. The number of piperidine rings is 1. The third kappa shape index (κ3) is 6.46. The highest BCUT2D eigenvalue weighted by molar-refractivity contribution is 5.80. The topological polar surface area (TPSA) is 60.0 Å². The summed E-state index contributed by atoms with van der Waals surface area (Å²) in [6.45, 7) is 11.6. The molecule has 30 heavy (non-hydrogen) atoms. The number of aliphatic imine (C=N–C) groups is 1. The summed E-state index contributed by atoms with van der Waals surface area (Å²) >= 11 is 0. The second-order valence-electron chi connectivity index (χ2n) is 8.87. The first-order valence-electron chi connectivity index (χ1n) is 11.7. The standard InChI is InChI=1S/C24H39N5O/c1-4-25-24(27-21-12-15-28(16-13-21)23(30)19(2)3)26-17-22-11-8-14-29(22)18-20-9-6-5-7-10-20/h5-7,9-10,19,21-22H,4,8,11-18H2,1-3H3,(H2,25,26,27). The van der Waals surface area contributed by atoms with Gasteiger partial charge in [0.05, 0.1) is 6.54 Å². The van der Waals surface area contributed by atoms with Crippen molar-refractivity contribution in [3.63, 3.8) is 0 Å². The third-order valence-corrected chi connectivity index (χ3v) is 6.17. The first-order chi connectivity index (χ1) is 14.6. The van der Waals surface area contributed by atoms with Gasteiger partial charge in [0.1, 0.15) is 0 Å². The maximum Gasteiger partial charge on any atom is 0.225 e. The lowest BCUT2D eigenvalue weighted by atomic mass is 10.0. The predicted octanol–water partition coefficient (Wildman–Crippen LogP) is 2.85. The molecule has 1 atom stereocenters. The summed E-state index contributed by atoms with van der Waals surface area (Å²) in [6, 6.07) is 11.6. The monoisotopic (exact) mass is 413 g/mol. The number of nitrogens with one attached hydrogen (secondary N) is 2. The lowest BCUT2D eigenvalue weighted by Gasteiger charge is -2.34. The molecule has 0 aliphatic carbocycles. The van der Waals surface area contributed by atoms with E-state index in [0.29, 0.717) is 12.1 Å². The van der Waals surface area contributed by atoms with Crippen LogP contribution in [0, 0.1) is 5.92 Å². The molecule has 2 heterocycles. The highest BCUT2D eigenvalue weighted by Gasteiger charge is 2.26. The lowest BCUT2D eigenvalue weighted by molar-refractivity contribution is -0.135. The Morgan fingerprint density at radius 1 is 1.13 bits per heavy atom. The molecule has 6 nitrogen and oxygen atoms in total. The number of carbonyl (C=O) groups excluding carboxylic acids is 1. The van der Waals surface area contributed by atoms with Crippen molar-refractivity contribution in [2.24, 2.45) is 10.9 Å². The summed E-state index contributed by atoms with van der Waals surface area (Å²) in [7, 11) is 0. The van der Waals surface area contributed by atoms with Gasteiger partial charge in [-0.3, -0.25) is 14.7 Å². The Kier molecular flexibility index (Phi) is 8.55. The quantitative estimate of drug-likeness (QED) is 0.533. The average molecular weight is 414 g/mol. The van der Waals surface area contributed by atoms with E-state index in [1.165, 1.54) is 18.4 Å². The van der Waals surface area contributed by atoms with Crippen LogP contribution in [0.4, 0.5) is 0 Å². The second kappa shape index (κ2) is 11.3. The maximum atomic E-state index is 12.2. The number of guanidine groups is 1. The fourth-order valence-corrected chi connectivity index (χ4v) is 4.45. The molecule has 1 aromatic carbocycles. The molecule has 1 unspecified atom stereocenters. The van der Waals surface area contributed by atoms with Gasteiger partial charge < -0.3 is 15.5 Å². The van der Waals surface area contributed by atoms with Crippen molar-refractivity contribution in [1.29, 1.82) is 0 Å². The Morgan fingerprint density at radius 3 is 2.53 bits per heavy atom. The number of carbonyl (C=O) groups is 1. The van der Waals surface area contributed by atoms with Gasteiger partial charge in [0, 0.05) is 44.2 Å². The number of hydrogen-bond acceptors (Lipinski definition) is 3. The molecule has 0 saturated carbocycles. The van der Waals surface area contributed by atoms with Gasteiger partial charge >= 0.3 is 0 Å². The number of likely N-dealkylation sites (tertiary alicyclic amines) is 2. The van der Waals surface area contributed by atoms with Crippen LogP contribution < -0.4 is 10.6 Å². The van der Waals surface area contributed by atoms with Gasteiger partial charge in [-0.05, 0) is 44.7 Å². The lowest BCUT2D eigenvalue weighted by Crippen LogP contribution is -2.50. The zero-order valence-electron chi connectivity index (χ0n) is 18.9. The Labute approximate surface area is 182 Å². The average Bonchev–Trinajstić information content (AvgIpc) is 3.19. The molecule has 1 amide bonds. The number of rotatable bonds is 7. The highest BCUT2D eigenvalue weighted by atomic mass is 16.2. The van der Waals surface area contributed by atoms with Crippen molar-refractivity contribution in [1.82, 2.24) is 20.4 Å². The van der Waals surface area contributed by atoms with Crippen molar-refractivity contribution >= 4 is 11.9 Å². The molecule has 2 fully saturated rings. The molecule has 6 heteroatoms. The smallest absolute Gasteiger partial charge is 0.225 e. The van der Waals surface area contributed by atoms with Crippen molar-refractivity contribution in [3.8, 4) is 0 Å². The largest absolute Gasteiger partial charge is 0.357 e. The third-order valence-electron chi connectivity index (χ3n) is 6.17. The molecular formula is C24H39N5O. The zero-order chi connectivity index (χ0) is 21.3. The van der Waals surface area contributed by atoms with Crippen LogP contribution in [0.5, 0.6) is 0 Å². The van der Waals surface area contributed by atoms with Gasteiger partial charge in [0.15, 0.2) is 5.96 Å². The highest BCUT2D eigenvalue weighted by Crippen LogP contribution is 2.20. The van der Waals surface area contributed by atoms with Gasteiger partial charge in [-0.2, -0.15) is 0 Å². The molecule has 0 aromatic heterocycles. The number of nitrogens with zero attached hydrogens (tertiary/aromatic N) is 3. The second-order valence-corrected chi connectivity index (χ2v) is 8.87. The molecule has 2 aliphatic rings. The predicted molar refractivity (Wildman–Crippen MR) is 123 cm³/mol. The van der Waals surface area contributed by atoms with Crippen LogP contribution >= 0.6 is 0 Å². The van der Waals surface area contributed by atoms with Crippen LogP contribution in [0.2, 0.25) is 0 Å². The van der Waals surface area contributed by atoms with Crippen LogP contribution in [0.1, 0.15) is 52.0 Å². The molecule has 0 bridgehead atoms.